The molecule has 0 bridgehead atoms. The molecule has 5 rings (SSSR count). The van der Waals surface area contributed by atoms with Crippen molar-refractivity contribution < 1.29 is 24.5 Å². The fourth-order valence-corrected chi connectivity index (χ4v) is 5.21. The van der Waals surface area contributed by atoms with Crippen LogP contribution in [0.4, 0.5) is 0 Å². The van der Waals surface area contributed by atoms with E-state index in [2.05, 4.69) is 0 Å². The van der Waals surface area contributed by atoms with E-state index < -0.39 is 17.7 Å². The summed E-state index contributed by atoms with van der Waals surface area (Å²) < 4.78 is 5.95. The number of rotatable bonds is 7. The maximum Gasteiger partial charge on any atom is 0.295 e. The first-order chi connectivity index (χ1) is 17.9. The van der Waals surface area contributed by atoms with Crippen molar-refractivity contribution in [3.05, 3.63) is 123 Å². The minimum atomic E-state index is -0.844. The van der Waals surface area contributed by atoms with E-state index in [-0.39, 0.29) is 23.6 Å². The number of aliphatic hydroxyl groups excluding tert-OH is 1. The molecule has 1 aliphatic heterocycles. The lowest BCUT2D eigenvalue weighted by Crippen LogP contribution is -2.28. The smallest absolute Gasteiger partial charge is 0.295 e. The number of aliphatic hydroxyl groups is 1. The van der Waals surface area contributed by atoms with Crippen LogP contribution in [0.25, 0.3) is 5.76 Å². The molecule has 1 atom stereocenters. The molecule has 2 N–H and O–H groups in total. The molecule has 4 aromatic rings. The average Bonchev–Trinajstić information content (AvgIpc) is 3.50. The summed E-state index contributed by atoms with van der Waals surface area (Å²) in [5, 5.41) is 23.4. The Morgan fingerprint density at radius 2 is 1.78 bits per heavy atom. The first-order valence-corrected chi connectivity index (χ1v) is 12.7. The number of phenols is 1. The van der Waals surface area contributed by atoms with E-state index in [0.29, 0.717) is 23.5 Å². The van der Waals surface area contributed by atoms with Gasteiger partial charge in [-0.2, -0.15) is 0 Å². The molecule has 0 radical (unpaired) electrons. The lowest BCUT2D eigenvalue weighted by Gasteiger charge is -2.25. The van der Waals surface area contributed by atoms with Crippen LogP contribution >= 0.6 is 11.3 Å². The summed E-state index contributed by atoms with van der Waals surface area (Å²) in [6.07, 6.45) is 0. The quantitative estimate of drug-likeness (QED) is 0.182. The summed E-state index contributed by atoms with van der Waals surface area (Å²) in [6, 6.07) is 24.3. The van der Waals surface area contributed by atoms with Crippen LogP contribution in [0.15, 0.2) is 95.9 Å². The fourth-order valence-electron chi connectivity index (χ4n) is 4.50. The monoisotopic (exact) mass is 511 g/mol. The molecule has 0 spiro atoms. The predicted octanol–water partition coefficient (Wildman–Crippen LogP) is 5.96. The molecule has 0 aliphatic carbocycles. The summed E-state index contributed by atoms with van der Waals surface area (Å²) in [5.74, 6) is -1.05. The largest absolute Gasteiger partial charge is 0.508 e. The van der Waals surface area contributed by atoms with E-state index >= 15 is 0 Å². The third kappa shape index (κ3) is 4.99. The van der Waals surface area contributed by atoms with Crippen molar-refractivity contribution in [2.75, 3.05) is 0 Å². The molecule has 1 unspecified atom stereocenters. The van der Waals surface area contributed by atoms with Gasteiger partial charge in [0.1, 0.15) is 23.9 Å². The number of ether oxygens (including phenoxy) is 1. The number of likely N-dealkylation sites (tertiary alicyclic amines) is 1. The van der Waals surface area contributed by atoms with Crippen LogP contribution in [0.1, 0.15) is 33.2 Å². The van der Waals surface area contributed by atoms with Gasteiger partial charge < -0.3 is 19.8 Å². The van der Waals surface area contributed by atoms with E-state index in [0.717, 1.165) is 16.0 Å². The number of ketones is 1. The second-order valence-electron chi connectivity index (χ2n) is 8.86. The predicted molar refractivity (Wildman–Crippen MR) is 142 cm³/mol. The standard InChI is InChI=1S/C30H25NO5S/c1-19-15-22(12-13-25(19)36-18-20-7-3-2-4-8-20)28(33)26-27(21-9-5-10-23(32)16-21)31(30(35)29(26)34)17-24-11-6-14-37-24/h2-16,27,32-33H,17-18H2,1H3/b28-26-. The van der Waals surface area contributed by atoms with Crippen LogP contribution in [0, 0.1) is 6.92 Å². The van der Waals surface area contributed by atoms with Gasteiger partial charge >= 0.3 is 0 Å². The van der Waals surface area contributed by atoms with Crippen molar-refractivity contribution in [1.82, 2.24) is 4.90 Å². The second kappa shape index (κ2) is 10.3. The van der Waals surface area contributed by atoms with Crippen molar-refractivity contribution in [1.29, 1.82) is 0 Å². The zero-order valence-corrected chi connectivity index (χ0v) is 20.9. The van der Waals surface area contributed by atoms with E-state index in [4.69, 9.17) is 4.74 Å². The summed E-state index contributed by atoms with van der Waals surface area (Å²) in [7, 11) is 0. The van der Waals surface area contributed by atoms with Gasteiger partial charge in [-0.05, 0) is 65.4 Å². The molecule has 7 heteroatoms. The maximum atomic E-state index is 13.2. The number of carbonyl (C=O) groups excluding carboxylic acids is 2. The molecule has 186 valence electrons. The van der Waals surface area contributed by atoms with Crippen LogP contribution in [-0.4, -0.2) is 26.8 Å². The zero-order valence-electron chi connectivity index (χ0n) is 20.1. The van der Waals surface area contributed by atoms with Gasteiger partial charge in [0.25, 0.3) is 11.7 Å². The van der Waals surface area contributed by atoms with Crippen LogP contribution in [0.5, 0.6) is 11.5 Å². The first kappa shape index (κ1) is 24.3. The van der Waals surface area contributed by atoms with Gasteiger partial charge in [0.2, 0.25) is 0 Å². The van der Waals surface area contributed by atoms with Gasteiger partial charge in [-0.3, -0.25) is 9.59 Å². The summed E-state index contributed by atoms with van der Waals surface area (Å²) in [5.41, 5.74) is 2.75. The molecule has 1 amide bonds. The Bertz CT molecular complexity index is 1480. The van der Waals surface area contributed by atoms with Crippen molar-refractivity contribution >= 4 is 28.8 Å². The highest BCUT2D eigenvalue weighted by atomic mass is 32.1. The summed E-state index contributed by atoms with van der Waals surface area (Å²) >= 11 is 1.48. The number of thiophene rings is 1. The van der Waals surface area contributed by atoms with E-state index in [1.165, 1.54) is 28.4 Å². The molecule has 6 nitrogen and oxygen atoms in total. The highest BCUT2D eigenvalue weighted by molar-refractivity contribution is 7.09. The minimum absolute atomic E-state index is 0.00923. The topological polar surface area (TPSA) is 87.1 Å². The SMILES string of the molecule is Cc1cc(/C(O)=C2/C(=O)C(=O)N(Cc3cccs3)C2c2cccc(O)c2)ccc1OCc1ccccc1. The van der Waals surface area contributed by atoms with Gasteiger partial charge in [-0.1, -0.05) is 48.5 Å². The zero-order chi connectivity index (χ0) is 25.9. The Labute approximate surface area is 218 Å². The molecular formula is C30H25NO5S. The second-order valence-corrected chi connectivity index (χ2v) is 9.89. The Kier molecular flexibility index (Phi) is 6.79. The Morgan fingerprint density at radius 3 is 2.49 bits per heavy atom. The van der Waals surface area contributed by atoms with Crippen LogP contribution in [-0.2, 0) is 22.7 Å². The van der Waals surface area contributed by atoms with Gasteiger partial charge in [0.15, 0.2) is 0 Å². The molecule has 1 saturated heterocycles. The first-order valence-electron chi connectivity index (χ1n) is 11.8. The van der Waals surface area contributed by atoms with Gasteiger partial charge in [0.05, 0.1) is 18.2 Å². The molecule has 0 saturated carbocycles. The lowest BCUT2D eigenvalue weighted by atomic mass is 9.94. The third-order valence-corrected chi connectivity index (χ3v) is 7.18. The molecule has 1 fully saturated rings. The summed E-state index contributed by atoms with van der Waals surface area (Å²) in [4.78, 5) is 28.7. The van der Waals surface area contributed by atoms with Crippen molar-refractivity contribution in [2.45, 2.75) is 26.1 Å². The number of phenolic OH excluding ortho intramolecular Hbond substituents is 1. The Morgan fingerprint density at radius 1 is 0.973 bits per heavy atom. The molecule has 37 heavy (non-hydrogen) atoms. The van der Waals surface area contributed by atoms with Gasteiger partial charge in [0, 0.05) is 10.4 Å². The lowest BCUT2D eigenvalue weighted by molar-refractivity contribution is -0.140. The number of benzene rings is 3. The average molecular weight is 512 g/mol. The number of aromatic hydroxyl groups is 1. The molecule has 1 aliphatic rings. The van der Waals surface area contributed by atoms with E-state index in [1.54, 1.807) is 30.3 Å². The molecule has 3 aromatic carbocycles. The maximum absolute atomic E-state index is 13.2. The number of nitrogens with zero attached hydrogens (tertiary/aromatic N) is 1. The highest BCUT2D eigenvalue weighted by Gasteiger charge is 2.46. The number of hydrogen-bond donors (Lipinski definition) is 2. The molecule has 1 aromatic heterocycles. The molecule has 2 heterocycles. The highest BCUT2D eigenvalue weighted by Crippen LogP contribution is 2.41. The normalized spacial score (nSPS) is 16.8. The van der Waals surface area contributed by atoms with Crippen molar-refractivity contribution in [3.63, 3.8) is 0 Å². The Hall–Kier alpha value is -4.36. The van der Waals surface area contributed by atoms with E-state index in [1.807, 2.05) is 54.8 Å². The fraction of sp³-hybridized carbons (Fsp3) is 0.133. The van der Waals surface area contributed by atoms with Crippen molar-refractivity contribution in [2.24, 2.45) is 0 Å². The molecular weight excluding hydrogens is 486 g/mol. The van der Waals surface area contributed by atoms with Crippen molar-refractivity contribution in [3.8, 4) is 11.5 Å². The van der Waals surface area contributed by atoms with Gasteiger partial charge in [-0.25, -0.2) is 0 Å². The van der Waals surface area contributed by atoms with Crippen LogP contribution < -0.4 is 4.74 Å². The number of Topliss-reactive ketones (excluding diaryl/α,β-unsaturated/α-hetero) is 1. The van der Waals surface area contributed by atoms with Crippen LogP contribution in [0.2, 0.25) is 0 Å². The third-order valence-electron chi connectivity index (χ3n) is 6.32. The number of amides is 1. The van der Waals surface area contributed by atoms with Crippen LogP contribution in [0.3, 0.4) is 0 Å². The summed E-state index contributed by atoms with van der Waals surface area (Å²) in [6.45, 7) is 2.47. The minimum Gasteiger partial charge on any atom is -0.508 e. The Balaban J connectivity index is 1.52. The number of carbonyl (C=O) groups is 2. The number of hydrogen-bond acceptors (Lipinski definition) is 6. The van der Waals surface area contributed by atoms with Gasteiger partial charge in [-0.15, -0.1) is 11.3 Å². The van der Waals surface area contributed by atoms with E-state index in [9.17, 15) is 19.8 Å². The number of aryl methyl sites for hydroxylation is 1.